The minimum absolute atomic E-state index is 0.0720. The van der Waals surface area contributed by atoms with Crippen molar-refractivity contribution in [2.75, 3.05) is 19.5 Å². The molecule has 0 radical (unpaired) electrons. The Morgan fingerprint density at radius 2 is 2.18 bits per heavy atom. The van der Waals surface area contributed by atoms with Crippen molar-refractivity contribution >= 4 is 11.7 Å². The van der Waals surface area contributed by atoms with Crippen LogP contribution < -0.4 is 5.73 Å². The number of rotatable bonds is 4. The minimum atomic E-state index is -0.734. The molecule has 0 aliphatic carbocycles. The van der Waals surface area contributed by atoms with Crippen molar-refractivity contribution in [3.05, 3.63) is 29.1 Å². The Balaban J connectivity index is 2.82. The van der Waals surface area contributed by atoms with Crippen molar-refractivity contribution in [3.8, 4) is 0 Å². The van der Waals surface area contributed by atoms with Gasteiger partial charge in [-0.05, 0) is 31.5 Å². The highest BCUT2D eigenvalue weighted by Crippen LogP contribution is 2.18. The number of ether oxygens (including phenoxy) is 2. The molecule has 0 fully saturated rings. The zero-order valence-electron chi connectivity index (χ0n) is 10.1. The maximum atomic E-state index is 13.7. The van der Waals surface area contributed by atoms with Crippen LogP contribution in [-0.4, -0.2) is 25.8 Å². The minimum Gasteiger partial charge on any atom is -0.459 e. The summed E-state index contributed by atoms with van der Waals surface area (Å²) in [7, 11) is 1.50. The molecule has 5 heteroatoms. The lowest BCUT2D eigenvalue weighted by Gasteiger charge is -2.11. The molecule has 1 rings (SSSR count). The summed E-state index contributed by atoms with van der Waals surface area (Å²) in [5, 5.41) is 0. The highest BCUT2D eigenvalue weighted by Gasteiger charge is 2.16. The summed E-state index contributed by atoms with van der Waals surface area (Å²) in [5.41, 5.74) is 6.05. The number of aryl methyl sites for hydroxylation is 1. The predicted octanol–water partition coefficient (Wildman–Crippen LogP) is 1.91. The van der Waals surface area contributed by atoms with Crippen molar-refractivity contribution in [2.24, 2.45) is 0 Å². The van der Waals surface area contributed by atoms with E-state index < -0.39 is 11.8 Å². The molecule has 1 atom stereocenters. The molecule has 0 bridgehead atoms. The first-order valence-corrected chi connectivity index (χ1v) is 5.21. The summed E-state index contributed by atoms with van der Waals surface area (Å²) in [6.07, 6.45) is -0.232. The Morgan fingerprint density at radius 3 is 2.76 bits per heavy atom. The highest BCUT2D eigenvalue weighted by molar-refractivity contribution is 5.91. The second-order valence-electron chi connectivity index (χ2n) is 3.84. The fourth-order valence-electron chi connectivity index (χ4n) is 1.28. The molecule has 0 aliphatic heterocycles. The molecule has 0 aromatic heterocycles. The number of methoxy groups -OCH3 is 1. The normalized spacial score (nSPS) is 12.2. The maximum absolute atomic E-state index is 13.7. The van der Waals surface area contributed by atoms with Gasteiger partial charge in [-0.1, -0.05) is 0 Å². The third kappa shape index (κ3) is 3.42. The summed E-state index contributed by atoms with van der Waals surface area (Å²) >= 11 is 0. The molecular weight excluding hydrogens is 225 g/mol. The number of benzene rings is 1. The van der Waals surface area contributed by atoms with Gasteiger partial charge in [0.15, 0.2) is 0 Å². The fraction of sp³-hybridized carbons (Fsp3) is 0.417. The molecule has 0 heterocycles. The molecule has 2 N–H and O–H groups in total. The van der Waals surface area contributed by atoms with E-state index in [-0.39, 0.29) is 18.3 Å². The van der Waals surface area contributed by atoms with Crippen LogP contribution in [0.15, 0.2) is 12.1 Å². The predicted molar refractivity (Wildman–Crippen MR) is 62.3 cm³/mol. The molecule has 0 spiro atoms. The van der Waals surface area contributed by atoms with Gasteiger partial charge < -0.3 is 15.2 Å². The quantitative estimate of drug-likeness (QED) is 0.646. The molecule has 0 amide bonds. The first-order valence-electron chi connectivity index (χ1n) is 5.21. The Hall–Kier alpha value is -1.62. The second-order valence-corrected chi connectivity index (χ2v) is 3.84. The largest absolute Gasteiger partial charge is 0.459 e. The van der Waals surface area contributed by atoms with E-state index in [9.17, 15) is 9.18 Å². The number of nitrogen functional groups attached to an aromatic ring is 1. The molecule has 1 aromatic rings. The van der Waals surface area contributed by atoms with Crippen LogP contribution in [0.25, 0.3) is 0 Å². The van der Waals surface area contributed by atoms with Crippen LogP contribution in [-0.2, 0) is 9.47 Å². The van der Waals surface area contributed by atoms with E-state index in [0.29, 0.717) is 11.3 Å². The molecule has 4 nitrogen and oxygen atoms in total. The zero-order valence-corrected chi connectivity index (χ0v) is 10.1. The molecule has 0 saturated carbocycles. The lowest BCUT2D eigenvalue weighted by molar-refractivity contribution is 0.0165. The van der Waals surface area contributed by atoms with E-state index >= 15 is 0 Å². The third-order valence-corrected chi connectivity index (χ3v) is 2.35. The standard InChI is InChI=1S/C12H16FNO3/c1-7-4-9(14)5-10(11(7)13)12(15)17-6-8(2)16-3/h4-5,8H,6,14H2,1-3H3. The van der Waals surface area contributed by atoms with Gasteiger partial charge >= 0.3 is 5.97 Å². The van der Waals surface area contributed by atoms with Gasteiger partial charge in [-0.15, -0.1) is 0 Å². The lowest BCUT2D eigenvalue weighted by atomic mass is 10.1. The number of esters is 1. The SMILES string of the molecule is COC(C)COC(=O)c1cc(N)cc(C)c1F. The van der Waals surface area contributed by atoms with Crippen LogP contribution in [0.4, 0.5) is 10.1 Å². The van der Waals surface area contributed by atoms with Crippen molar-refractivity contribution in [3.63, 3.8) is 0 Å². The second kappa shape index (κ2) is 5.63. The van der Waals surface area contributed by atoms with Crippen LogP contribution in [0.2, 0.25) is 0 Å². The van der Waals surface area contributed by atoms with Gasteiger partial charge in [0.25, 0.3) is 0 Å². The van der Waals surface area contributed by atoms with Crippen molar-refractivity contribution < 1.29 is 18.7 Å². The number of anilines is 1. The first-order chi connectivity index (χ1) is 7.95. The molecular formula is C12H16FNO3. The van der Waals surface area contributed by atoms with Crippen LogP contribution >= 0.6 is 0 Å². The van der Waals surface area contributed by atoms with Crippen molar-refractivity contribution in [2.45, 2.75) is 20.0 Å². The van der Waals surface area contributed by atoms with E-state index in [2.05, 4.69) is 0 Å². The monoisotopic (exact) mass is 241 g/mol. The molecule has 0 saturated heterocycles. The Bertz CT molecular complexity index is 420. The van der Waals surface area contributed by atoms with Gasteiger partial charge in [0.05, 0.1) is 11.7 Å². The van der Waals surface area contributed by atoms with E-state index in [4.69, 9.17) is 15.2 Å². The maximum Gasteiger partial charge on any atom is 0.341 e. The van der Waals surface area contributed by atoms with Gasteiger partial charge in [-0.2, -0.15) is 0 Å². The summed E-state index contributed by atoms with van der Waals surface area (Å²) < 4.78 is 23.5. The van der Waals surface area contributed by atoms with Crippen molar-refractivity contribution in [1.29, 1.82) is 0 Å². The van der Waals surface area contributed by atoms with E-state index in [1.54, 1.807) is 13.8 Å². The number of halogens is 1. The van der Waals surface area contributed by atoms with Gasteiger partial charge in [-0.3, -0.25) is 0 Å². The van der Waals surface area contributed by atoms with E-state index in [1.807, 2.05) is 0 Å². The lowest BCUT2D eigenvalue weighted by Crippen LogP contribution is -2.18. The summed E-state index contributed by atoms with van der Waals surface area (Å²) in [5.74, 6) is -1.34. The van der Waals surface area contributed by atoms with Gasteiger partial charge in [0.1, 0.15) is 12.4 Å². The van der Waals surface area contributed by atoms with Gasteiger partial charge in [0.2, 0.25) is 0 Å². The molecule has 17 heavy (non-hydrogen) atoms. The summed E-state index contributed by atoms with van der Waals surface area (Å²) in [6.45, 7) is 3.36. The highest BCUT2D eigenvalue weighted by atomic mass is 19.1. The van der Waals surface area contributed by atoms with E-state index in [1.165, 1.54) is 19.2 Å². The third-order valence-electron chi connectivity index (χ3n) is 2.35. The molecule has 94 valence electrons. The van der Waals surface area contributed by atoms with Gasteiger partial charge in [-0.25, -0.2) is 9.18 Å². The number of nitrogens with two attached hydrogens (primary N) is 1. The topological polar surface area (TPSA) is 61.5 Å². The number of hydrogen-bond donors (Lipinski definition) is 1. The number of carbonyl (C=O) groups excluding carboxylic acids is 1. The average Bonchev–Trinajstić information content (AvgIpc) is 2.30. The zero-order chi connectivity index (χ0) is 13.0. The fourth-order valence-corrected chi connectivity index (χ4v) is 1.28. The Kier molecular flexibility index (Phi) is 4.45. The molecule has 1 unspecified atom stereocenters. The van der Waals surface area contributed by atoms with E-state index in [0.717, 1.165) is 0 Å². The van der Waals surface area contributed by atoms with Crippen LogP contribution in [0.1, 0.15) is 22.8 Å². The molecule has 1 aromatic carbocycles. The number of hydrogen-bond acceptors (Lipinski definition) is 4. The summed E-state index contributed by atoms with van der Waals surface area (Å²) in [6, 6.07) is 2.73. The number of carbonyl (C=O) groups is 1. The van der Waals surface area contributed by atoms with Crippen molar-refractivity contribution in [1.82, 2.24) is 0 Å². The summed E-state index contributed by atoms with van der Waals surface area (Å²) in [4.78, 5) is 11.6. The average molecular weight is 241 g/mol. The first kappa shape index (κ1) is 13.4. The molecule has 0 aliphatic rings. The Labute approximate surface area is 99.5 Å². The Morgan fingerprint density at radius 1 is 1.53 bits per heavy atom. The van der Waals surface area contributed by atoms with Crippen LogP contribution in [0.5, 0.6) is 0 Å². The van der Waals surface area contributed by atoms with Crippen LogP contribution in [0.3, 0.4) is 0 Å². The van der Waals surface area contributed by atoms with Crippen LogP contribution in [0, 0.1) is 12.7 Å². The smallest absolute Gasteiger partial charge is 0.341 e. The van der Waals surface area contributed by atoms with Gasteiger partial charge in [0, 0.05) is 12.8 Å².